The average molecular weight is 383 g/mol. The molecule has 144 valence electrons. The Balaban J connectivity index is 1.51. The van der Waals surface area contributed by atoms with E-state index in [1.54, 1.807) is 30.5 Å². The molecule has 0 unspecified atom stereocenters. The predicted octanol–water partition coefficient (Wildman–Crippen LogP) is 4.37. The summed E-state index contributed by atoms with van der Waals surface area (Å²) in [6, 6.07) is 22.9. The van der Waals surface area contributed by atoms with Gasteiger partial charge in [-0.05, 0) is 60.4 Å². The van der Waals surface area contributed by atoms with Gasteiger partial charge in [-0.15, -0.1) is 0 Å². The summed E-state index contributed by atoms with van der Waals surface area (Å²) < 4.78 is 5.51. The second-order valence-corrected chi connectivity index (χ2v) is 6.66. The van der Waals surface area contributed by atoms with Crippen LogP contribution in [-0.4, -0.2) is 18.7 Å². The molecule has 0 saturated carbocycles. The summed E-state index contributed by atoms with van der Waals surface area (Å²) in [6.45, 7) is 3.91. The minimum atomic E-state index is -0.331. The number of hydrazone groups is 1. The fourth-order valence-electron chi connectivity index (χ4n) is 2.81. The molecule has 0 heterocycles. The van der Waals surface area contributed by atoms with Crippen LogP contribution in [0.1, 0.15) is 22.3 Å². The molecule has 29 heavy (non-hydrogen) atoms. The average Bonchev–Trinajstić information content (AvgIpc) is 2.74. The van der Waals surface area contributed by atoms with Crippen molar-refractivity contribution in [1.29, 1.82) is 5.26 Å². The predicted molar refractivity (Wildman–Crippen MR) is 114 cm³/mol. The standard InChI is InChI=1S/C24H21N3O2/c1-17-3-6-22(18(2)13-17)15-26-27-24(28)16-29-23-11-9-21(10-12-23)20-7-4-19(14-25)5-8-20/h3-13,15H,16H2,1-2H3,(H,27,28)/b26-15+. The van der Waals surface area contributed by atoms with Crippen molar-refractivity contribution in [3.63, 3.8) is 0 Å². The molecular formula is C24H21N3O2. The summed E-state index contributed by atoms with van der Waals surface area (Å²) >= 11 is 0. The Labute approximate surface area is 170 Å². The molecule has 3 rings (SSSR count). The number of ether oxygens (including phenoxy) is 1. The van der Waals surface area contributed by atoms with Crippen molar-refractivity contribution in [3.05, 3.63) is 89.0 Å². The summed E-state index contributed by atoms with van der Waals surface area (Å²) in [5.74, 6) is 0.262. The third-order valence-corrected chi connectivity index (χ3v) is 4.39. The molecule has 0 fully saturated rings. The Kier molecular flexibility index (Phi) is 6.39. The first-order chi connectivity index (χ1) is 14.0. The van der Waals surface area contributed by atoms with Crippen molar-refractivity contribution in [3.8, 4) is 22.9 Å². The van der Waals surface area contributed by atoms with Crippen LogP contribution in [0, 0.1) is 25.2 Å². The van der Waals surface area contributed by atoms with E-state index in [1.807, 2.05) is 50.2 Å². The smallest absolute Gasteiger partial charge is 0.277 e. The number of rotatable bonds is 6. The number of carbonyl (C=O) groups is 1. The van der Waals surface area contributed by atoms with Gasteiger partial charge in [-0.1, -0.05) is 48.0 Å². The number of nitrogens with zero attached hydrogens (tertiary/aromatic N) is 2. The van der Waals surface area contributed by atoms with Crippen LogP contribution in [0.5, 0.6) is 5.75 Å². The molecular weight excluding hydrogens is 362 g/mol. The fraction of sp³-hybridized carbons (Fsp3) is 0.125. The van der Waals surface area contributed by atoms with Gasteiger partial charge in [0.25, 0.3) is 5.91 Å². The molecule has 3 aromatic carbocycles. The highest BCUT2D eigenvalue weighted by Gasteiger charge is 2.03. The van der Waals surface area contributed by atoms with Gasteiger partial charge in [-0.25, -0.2) is 5.43 Å². The fourth-order valence-corrected chi connectivity index (χ4v) is 2.81. The van der Waals surface area contributed by atoms with E-state index in [0.717, 1.165) is 22.3 Å². The van der Waals surface area contributed by atoms with Crippen LogP contribution in [-0.2, 0) is 4.79 Å². The van der Waals surface area contributed by atoms with Crippen molar-refractivity contribution in [2.75, 3.05) is 6.61 Å². The Morgan fingerprint density at radius 3 is 2.31 bits per heavy atom. The van der Waals surface area contributed by atoms with Gasteiger partial charge in [0, 0.05) is 0 Å². The number of nitriles is 1. The second kappa shape index (κ2) is 9.34. The van der Waals surface area contributed by atoms with Gasteiger partial charge in [0.15, 0.2) is 6.61 Å². The molecule has 5 heteroatoms. The molecule has 5 nitrogen and oxygen atoms in total. The van der Waals surface area contributed by atoms with Gasteiger partial charge in [0.05, 0.1) is 17.8 Å². The van der Waals surface area contributed by atoms with Crippen LogP contribution in [0.4, 0.5) is 0 Å². The van der Waals surface area contributed by atoms with E-state index < -0.39 is 0 Å². The van der Waals surface area contributed by atoms with Crippen LogP contribution in [0.2, 0.25) is 0 Å². The van der Waals surface area contributed by atoms with E-state index >= 15 is 0 Å². The van der Waals surface area contributed by atoms with Crippen molar-refractivity contribution >= 4 is 12.1 Å². The SMILES string of the molecule is Cc1ccc(/C=N/NC(=O)COc2ccc(-c3ccc(C#N)cc3)cc2)c(C)c1. The number of amides is 1. The molecule has 0 aliphatic carbocycles. The van der Waals surface area contributed by atoms with Gasteiger partial charge in [-0.2, -0.15) is 10.4 Å². The highest BCUT2D eigenvalue weighted by Crippen LogP contribution is 2.22. The van der Waals surface area contributed by atoms with E-state index in [0.29, 0.717) is 11.3 Å². The van der Waals surface area contributed by atoms with Crippen LogP contribution >= 0.6 is 0 Å². The van der Waals surface area contributed by atoms with Crippen LogP contribution in [0.15, 0.2) is 71.8 Å². The van der Waals surface area contributed by atoms with E-state index in [2.05, 4.69) is 22.7 Å². The summed E-state index contributed by atoms with van der Waals surface area (Å²) in [4.78, 5) is 11.9. The van der Waals surface area contributed by atoms with Crippen LogP contribution in [0.25, 0.3) is 11.1 Å². The van der Waals surface area contributed by atoms with Crippen molar-refractivity contribution in [2.24, 2.45) is 5.10 Å². The maximum Gasteiger partial charge on any atom is 0.277 e. The summed E-state index contributed by atoms with van der Waals surface area (Å²) in [6.07, 6.45) is 1.62. The molecule has 1 amide bonds. The molecule has 0 aliphatic heterocycles. The topological polar surface area (TPSA) is 74.5 Å². The highest BCUT2D eigenvalue weighted by atomic mass is 16.5. The molecule has 0 atom stereocenters. The van der Waals surface area contributed by atoms with E-state index in [-0.39, 0.29) is 12.5 Å². The van der Waals surface area contributed by atoms with Crippen molar-refractivity contribution in [1.82, 2.24) is 5.43 Å². The van der Waals surface area contributed by atoms with Gasteiger partial charge in [0.1, 0.15) is 5.75 Å². The summed E-state index contributed by atoms with van der Waals surface area (Å²) in [5, 5.41) is 12.9. The van der Waals surface area contributed by atoms with Gasteiger partial charge >= 0.3 is 0 Å². The molecule has 0 aromatic heterocycles. The Hall–Kier alpha value is -3.91. The summed E-state index contributed by atoms with van der Waals surface area (Å²) in [5.41, 5.74) is 8.34. The molecule has 3 aromatic rings. The first-order valence-corrected chi connectivity index (χ1v) is 9.18. The lowest BCUT2D eigenvalue weighted by Gasteiger charge is -2.07. The normalized spacial score (nSPS) is 10.5. The molecule has 1 N–H and O–H groups in total. The number of nitrogens with one attached hydrogen (secondary N) is 1. The van der Waals surface area contributed by atoms with Gasteiger partial charge < -0.3 is 4.74 Å². The van der Waals surface area contributed by atoms with Crippen LogP contribution in [0.3, 0.4) is 0 Å². The Morgan fingerprint density at radius 1 is 1.03 bits per heavy atom. The minimum Gasteiger partial charge on any atom is -0.484 e. The van der Waals surface area contributed by atoms with E-state index in [4.69, 9.17) is 10.00 Å². The van der Waals surface area contributed by atoms with Gasteiger partial charge in [0.2, 0.25) is 0 Å². The van der Waals surface area contributed by atoms with E-state index in [9.17, 15) is 4.79 Å². The number of hydrogen-bond donors (Lipinski definition) is 1. The van der Waals surface area contributed by atoms with Crippen molar-refractivity contribution < 1.29 is 9.53 Å². The second-order valence-electron chi connectivity index (χ2n) is 6.66. The monoisotopic (exact) mass is 383 g/mol. The van der Waals surface area contributed by atoms with E-state index in [1.165, 1.54) is 5.56 Å². The largest absolute Gasteiger partial charge is 0.484 e. The molecule has 0 aliphatic rings. The lowest BCUT2D eigenvalue weighted by Crippen LogP contribution is -2.24. The zero-order valence-corrected chi connectivity index (χ0v) is 16.3. The molecule has 0 spiro atoms. The maximum atomic E-state index is 11.9. The molecule has 0 saturated heterocycles. The third kappa shape index (κ3) is 5.53. The zero-order chi connectivity index (χ0) is 20.6. The van der Waals surface area contributed by atoms with Gasteiger partial charge in [-0.3, -0.25) is 4.79 Å². The third-order valence-electron chi connectivity index (χ3n) is 4.39. The Morgan fingerprint density at radius 2 is 1.69 bits per heavy atom. The Bertz CT molecular complexity index is 1060. The molecule has 0 bridgehead atoms. The zero-order valence-electron chi connectivity index (χ0n) is 16.3. The van der Waals surface area contributed by atoms with Crippen molar-refractivity contribution in [2.45, 2.75) is 13.8 Å². The minimum absolute atomic E-state index is 0.125. The molecule has 0 radical (unpaired) electrons. The summed E-state index contributed by atoms with van der Waals surface area (Å²) in [7, 11) is 0. The quantitative estimate of drug-likeness (QED) is 0.507. The lowest BCUT2D eigenvalue weighted by atomic mass is 10.0. The first-order valence-electron chi connectivity index (χ1n) is 9.18. The number of hydrogen-bond acceptors (Lipinski definition) is 4. The number of carbonyl (C=O) groups excluding carboxylic acids is 1. The first kappa shape index (κ1) is 19.8. The maximum absolute atomic E-state index is 11.9. The number of benzene rings is 3. The highest BCUT2D eigenvalue weighted by molar-refractivity contribution is 5.84. The number of aryl methyl sites for hydroxylation is 2. The lowest BCUT2D eigenvalue weighted by molar-refractivity contribution is -0.123. The van der Waals surface area contributed by atoms with Crippen LogP contribution < -0.4 is 10.2 Å².